The minimum absolute atomic E-state index is 0.166. The van der Waals surface area contributed by atoms with Crippen LogP contribution in [0.15, 0.2) is 42.5 Å². The van der Waals surface area contributed by atoms with Crippen molar-refractivity contribution in [1.29, 1.82) is 0 Å². The first-order valence-corrected chi connectivity index (χ1v) is 7.29. The van der Waals surface area contributed by atoms with Gasteiger partial charge in [-0.3, -0.25) is 0 Å². The van der Waals surface area contributed by atoms with Gasteiger partial charge in [-0.25, -0.2) is 4.39 Å². The summed E-state index contributed by atoms with van der Waals surface area (Å²) in [4.78, 5) is 0. The van der Waals surface area contributed by atoms with Gasteiger partial charge in [0.25, 0.3) is 0 Å². The van der Waals surface area contributed by atoms with Gasteiger partial charge in [0.1, 0.15) is 5.82 Å². The minimum Gasteiger partial charge on any atom is -0.378 e. The molecule has 0 aromatic heterocycles. The van der Waals surface area contributed by atoms with Gasteiger partial charge in [0.15, 0.2) is 0 Å². The van der Waals surface area contributed by atoms with E-state index in [1.807, 2.05) is 36.4 Å². The molecular weight excluding hydrogens is 273 g/mol. The Balaban J connectivity index is 1.84. The van der Waals surface area contributed by atoms with Gasteiger partial charge in [-0.1, -0.05) is 29.8 Å². The molecule has 2 aromatic rings. The molecule has 1 unspecified atom stereocenters. The molecule has 1 atom stereocenters. The van der Waals surface area contributed by atoms with Crippen molar-refractivity contribution in [1.82, 2.24) is 0 Å². The lowest BCUT2D eigenvalue weighted by Crippen LogP contribution is -2.13. The summed E-state index contributed by atoms with van der Waals surface area (Å²) in [6.07, 6.45) is 2.43. The van der Waals surface area contributed by atoms with Gasteiger partial charge < -0.3 is 5.32 Å². The van der Waals surface area contributed by atoms with E-state index in [-0.39, 0.29) is 11.9 Å². The molecule has 2 aromatic carbocycles. The highest BCUT2D eigenvalue weighted by molar-refractivity contribution is 6.30. The third-order valence-corrected chi connectivity index (χ3v) is 4.07. The van der Waals surface area contributed by atoms with E-state index in [0.29, 0.717) is 11.5 Å². The Bertz CT molecular complexity index is 605. The SMILES string of the molecule is Cc1ccc(NC(c2ccc(Cl)cc2)C2CC2)cc1F. The van der Waals surface area contributed by atoms with Crippen molar-refractivity contribution in [3.8, 4) is 0 Å². The molecule has 1 fully saturated rings. The molecule has 1 N–H and O–H groups in total. The van der Waals surface area contributed by atoms with E-state index in [1.165, 1.54) is 18.4 Å². The van der Waals surface area contributed by atoms with Crippen LogP contribution in [-0.2, 0) is 0 Å². The molecule has 1 saturated carbocycles. The molecule has 0 spiro atoms. The fourth-order valence-electron chi connectivity index (χ4n) is 2.44. The van der Waals surface area contributed by atoms with E-state index in [1.54, 1.807) is 13.0 Å². The number of benzene rings is 2. The summed E-state index contributed by atoms with van der Waals surface area (Å²) in [6, 6.07) is 13.4. The molecule has 0 amide bonds. The van der Waals surface area contributed by atoms with Gasteiger partial charge in [-0.2, -0.15) is 0 Å². The van der Waals surface area contributed by atoms with E-state index >= 15 is 0 Å². The summed E-state index contributed by atoms with van der Waals surface area (Å²) >= 11 is 5.94. The summed E-state index contributed by atoms with van der Waals surface area (Å²) in [5, 5.41) is 4.20. The van der Waals surface area contributed by atoms with Gasteiger partial charge in [0.05, 0.1) is 6.04 Å². The van der Waals surface area contributed by atoms with Crippen LogP contribution in [0.1, 0.15) is 30.0 Å². The fourth-order valence-corrected chi connectivity index (χ4v) is 2.56. The zero-order valence-electron chi connectivity index (χ0n) is 11.4. The Labute approximate surface area is 123 Å². The molecule has 1 aliphatic rings. The average molecular weight is 290 g/mol. The Morgan fingerprint density at radius 2 is 1.85 bits per heavy atom. The molecule has 0 saturated heterocycles. The van der Waals surface area contributed by atoms with Crippen molar-refractivity contribution in [3.05, 3.63) is 64.4 Å². The van der Waals surface area contributed by atoms with Gasteiger partial charge in [-0.15, -0.1) is 0 Å². The molecule has 0 radical (unpaired) electrons. The zero-order valence-corrected chi connectivity index (χ0v) is 12.1. The first-order chi connectivity index (χ1) is 9.63. The average Bonchev–Trinajstić information content (AvgIpc) is 3.26. The molecule has 20 heavy (non-hydrogen) atoms. The highest BCUT2D eigenvalue weighted by Crippen LogP contribution is 2.43. The molecule has 0 heterocycles. The number of hydrogen-bond acceptors (Lipinski definition) is 1. The molecule has 1 aliphatic carbocycles. The maximum atomic E-state index is 13.6. The Morgan fingerprint density at radius 3 is 2.45 bits per heavy atom. The third-order valence-electron chi connectivity index (χ3n) is 3.82. The maximum Gasteiger partial charge on any atom is 0.128 e. The zero-order chi connectivity index (χ0) is 14.1. The molecule has 104 valence electrons. The smallest absolute Gasteiger partial charge is 0.128 e. The van der Waals surface area contributed by atoms with Gasteiger partial charge in [0.2, 0.25) is 0 Å². The monoisotopic (exact) mass is 289 g/mol. The fraction of sp³-hybridized carbons (Fsp3) is 0.294. The Kier molecular flexibility index (Phi) is 3.66. The van der Waals surface area contributed by atoms with Gasteiger partial charge in [0, 0.05) is 10.7 Å². The highest BCUT2D eigenvalue weighted by Gasteiger charge is 2.32. The molecule has 0 bridgehead atoms. The predicted molar refractivity (Wildman–Crippen MR) is 81.7 cm³/mol. The lowest BCUT2D eigenvalue weighted by Gasteiger charge is -2.20. The third kappa shape index (κ3) is 2.96. The number of aryl methyl sites for hydroxylation is 1. The second-order valence-corrected chi connectivity index (χ2v) is 5.91. The maximum absolute atomic E-state index is 13.6. The van der Waals surface area contributed by atoms with Crippen molar-refractivity contribution >= 4 is 17.3 Å². The van der Waals surface area contributed by atoms with Gasteiger partial charge in [-0.05, 0) is 61.1 Å². The predicted octanol–water partition coefficient (Wildman–Crippen LogP) is 5.35. The topological polar surface area (TPSA) is 12.0 Å². The largest absolute Gasteiger partial charge is 0.378 e. The van der Waals surface area contributed by atoms with E-state index in [0.717, 1.165) is 10.7 Å². The highest BCUT2D eigenvalue weighted by atomic mass is 35.5. The van der Waals surface area contributed by atoms with Crippen LogP contribution in [0.2, 0.25) is 5.02 Å². The Hall–Kier alpha value is -1.54. The molecule has 3 heteroatoms. The first kappa shape index (κ1) is 13.4. The van der Waals surface area contributed by atoms with Crippen molar-refractivity contribution in [2.75, 3.05) is 5.32 Å². The Morgan fingerprint density at radius 1 is 1.15 bits per heavy atom. The van der Waals surface area contributed by atoms with Crippen molar-refractivity contribution in [2.45, 2.75) is 25.8 Å². The molecule has 1 nitrogen and oxygen atoms in total. The van der Waals surface area contributed by atoms with E-state index in [9.17, 15) is 4.39 Å². The van der Waals surface area contributed by atoms with Crippen LogP contribution in [-0.4, -0.2) is 0 Å². The number of anilines is 1. The quantitative estimate of drug-likeness (QED) is 0.800. The van der Waals surface area contributed by atoms with Crippen LogP contribution in [0.3, 0.4) is 0 Å². The summed E-state index contributed by atoms with van der Waals surface area (Å²) in [7, 11) is 0. The number of hydrogen-bond donors (Lipinski definition) is 1. The number of halogens is 2. The summed E-state index contributed by atoms with van der Waals surface area (Å²) in [5.41, 5.74) is 2.71. The minimum atomic E-state index is -0.166. The second kappa shape index (κ2) is 5.45. The molecular formula is C17H17ClFN. The molecule has 3 rings (SSSR count). The van der Waals surface area contributed by atoms with Crippen LogP contribution in [0, 0.1) is 18.7 Å². The second-order valence-electron chi connectivity index (χ2n) is 5.47. The van der Waals surface area contributed by atoms with Crippen LogP contribution in [0.4, 0.5) is 10.1 Å². The van der Waals surface area contributed by atoms with Crippen LogP contribution < -0.4 is 5.32 Å². The summed E-state index contributed by atoms with van der Waals surface area (Å²) in [5.74, 6) is 0.459. The standard InChI is InChI=1S/C17H17ClFN/c1-11-2-9-15(10-16(11)19)20-17(12-3-4-12)13-5-7-14(18)8-6-13/h2,5-10,12,17,20H,3-4H2,1H3. The summed E-state index contributed by atoms with van der Waals surface area (Å²) < 4.78 is 13.6. The first-order valence-electron chi connectivity index (χ1n) is 6.91. The van der Waals surface area contributed by atoms with Crippen LogP contribution in [0.25, 0.3) is 0 Å². The van der Waals surface area contributed by atoms with E-state index in [2.05, 4.69) is 5.32 Å². The number of rotatable bonds is 4. The normalized spacial score (nSPS) is 15.9. The van der Waals surface area contributed by atoms with Gasteiger partial charge >= 0.3 is 0 Å². The van der Waals surface area contributed by atoms with Crippen molar-refractivity contribution in [3.63, 3.8) is 0 Å². The van der Waals surface area contributed by atoms with E-state index < -0.39 is 0 Å². The van der Waals surface area contributed by atoms with Crippen LogP contribution in [0.5, 0.6) is 0 Å². The lowest BCUT2D eigenvalue weighted by molar-refractivity contribution is 0.617. The molecule has 0 aliphatic heterocycles. The number of nitrogens with one attached hydrogen (secondary N) is 1. The van der Waals surface area contributed by atoms with Crippen molar-refractivity contribution < 1.29 is 4.39 Å². The van der Waals surface area contributed by atoms with Crippen LogP contribution >= 0.6 is 11.6 Å². The van der Waals surface area contributed by atoms with Crippen molar-refractivity contribution in [2.24, 2.45) is 5.92 Å². The lowest BCUT2D eigenvalue weighted by atomic mass is 10.0. The summed E-state index contributed by atoms with van der Waals surface area (Å²) in [6.45, 7) is 1.77. The van der Waals surface area contributed by atoms with E-state index in [4.69, 9.17) is 11.6 Å².